The topological polar surface area (TPSA) is 62.8 Å². The van der Waals surface area contributed by atoms with Crippen LogP contribution in [-0.4, -0.2) is 58.8 Å². The van der Waals surface area contributed by atoms with Gasteiger partial charge < -0.3 is 14.8 Å². The molecule has 0 aromatic carbocycles. The number of amides is 1. The molecule has 0 saturated carbocycles. The van der Waals surface area contributed by atoms with Gasteiger partial charge >= 0.3 is 0 Å². The van der Waals surface area contributed by atoms with Crippen molar-refractivity contribution in [2.45, 2.75) is 56.6 Å². The highest BCUT2D eigenvalue weighted by molar-refractivity contribution is 8.11. The van der Waals surface area contributed by atoms with E-state index in [0.717, 1.165) is 62.3 Å². The second-order valence-electron chi connectivity index (χ2n) is 8.24. The number of hydrogen-bond acceptors (Lipinski definition) is 7. The van der Waals surface area contributed by atoms with Crippen LogP contribution in [0.15, 0.2) is 24.6 Å². The number of carbonyl (C=O) groups excluding carboxylic acids is 1. The fourth-order valence-electron chi connectivity index (χ4n) is 4.13. The summed E-state index contributed by atoms with van der Waals surface area (Å²) in [6.45, 7) is 12.4. The van der Waals surface area contributed by atoms with E-state index in [9.17, 15) is 4.79 Å². The van der Waals surface area contributed by atoms with Crippen LogP contribution in [0.1, 0.15) is 39.0 Å². The Morgan fingerprint density at radius 3 is 2.83 bits per heavy atom. The van der Waals surface area contributed by atoms with Gasteiger partial charge in [0.25, 0.3) is 5.91 Å². The van der Waals surface area contributed by atoms with Crippen molar-refractivity contribution in [2.24, 2.45) is 11.8 Å². The summed E-state index contributed by atoms with van der Waals surface area (Å²) in [5, 5.41) is 6.86. The molecule has 1 amide bonds. The van der Waals surface area contributed by atoms with E-state index < -0.39 is 12.3 Å². The van der Waals surface area contributed by atoms with Crippen LogP contribution in [0.4, 0.5) is 0 Å². The summed E-state index contributed by atoms with van der Waals surface area (Å²) in [5.41, 5.74) is 1.80. The van der Waals surface area contributed by atoms with Crippen molar-refractivity contribution in [3.05, 3.63) is 24.6 Å². The Morgan fingerprint density at radius 1 is 1.30 bits per heavy atom. The number of rotatable bonds is 8. The molecule has 30 heavy (non-hydrogen) atoms. The lowest BCUT2D eigenvalue weighted by Crippen LogP contribution is -2.52. The number of carbonyl (C=O) groups is 1. The third kappa shape index (κ3) is 6.29. The van der Waals surface area contributed by atoms with Gasteiger partial charge in [-0.05, 0) is 61.9 Å². The van der Waals surface area contributed by atoms with E-state index in [4.69, 9.17) is 8.37 Å². The predicted octanol–water partition coefficient (Wildman–Crippen LogP) is 3.90. The van der Waals surface area contributed by atoms with Crippen molar-refractivity contribution in [3.63, 3.8) is 0 Å². The summed E-state index contributed by atoms with van der Waals surface area (Å²) < 4.78 is 14.2. The maximum absolute atomic E-state index is 13.0. The smallest absolute Gasteiger partial charge is 0.252 e. The lowest BCUT2D eigenvalue weighted by atomic mass is 9.92. The molecule has 6 unspecified atom stereocenters. The summed E-state index contributed by atoms with van der Waals surface area (Å²) in [7, 11) is 0.0246. The predicted molar refractivity (Wildman–Crippen MR) is 131 cm³/mol. The van der Waals surface area contributed by atoms with Gasteiger partial charge in [0.05, 0.1) is 0 Å². The van der Waals surface area contributed by atoms with Gasteiger partial charge in [-0.15, -0.1) is 10.7 Å². The van der Waals surface area contributed by atoms with E-state index in [1.54, 1.807) is 0 Å². The van der Waals surface area contributed by atoms with Crippen molar-refractivity contribution >= 4 is 46.5 Å². The van der Waals surface area contributed by atoms with Crippen LogP contribution in [0, 0.1) is 11.8 Å². The molecule has 0 aromatic rings. The Kier molecular flexibility index (Phi) is 9.22. The molecule has 3 rings (SSSR count). The van der Waals surface area contributed by atoms with E-state index in [1.807, 2.05) is 0 Å². The molecule has 9 heteroatoms. The average molecular weight is 474 g/mol. The first-order valence-electron chi connectivity index (χ1n) is 10.6. The first kappa shape index (κ1) is 24.2. The summed E-state index contributed by atoms with van der Waals surface area (Å²) in [4.78, 5) is 13.0. The molecule has 3 aliphatic rings. The van der Waals surface area contributed by atoms with Gasteiger partial charge in [-0.3, -0.25) is 13.3 Å². The van der Waals surface area contributed by atoms with Gasteiger partial charge in [0, 0.05) is 41.4 Å². The normalized spacial score (nSPS) is 33.2. The fraction of sp³-hybridized carbons (Fsp3) is 0.714. The van der Waals surface area contributed by atoms with Crippen LogP contribution in [0.3, 0.4) is 0 Å². The zero-order valence-electron chi connectivity index (χ0n) is 18.1. The lowest BCUT2D eigenvalue weighted by Gasteiger charge is -2.42. The molecule has 0 spiro atoms. The Morgan fingerprint density at radius 2 is 2.10 bits per heavy atom. The van der Waals surface area contributed by atoms with E-state index in [0.29, 0.717) is 11.2 Å². The molecule has 6 nitrogen and oxygen atoms in total. The number of nitrogens with zero attached hydrogens (tertiary/aromatic N) is 1. The Balaban J connectivity index is 1.56. The largest absolute Gasteiger partial charge is 0.363 e. The molecular formula is C21H35N3O3S3. The fourth-order valence-corrected chi connectivity index (χ4v) is 6.77. The monoisotopic (exact) mass is 473 g/mol. The highest BCUT2D eigenvalue weighted by atomic mass is 32.2. The number of allylic oxidation sites excluding steroid dienone is 1. The minimum Gasteiger partial charge on any atom is -0.363 e. The quantitative estimate of drug-likeness (QED) is 0.409. The molecule has 2 N–H and O–H groups in total. The third-order valence-electron chi connectivity index (χ3n) is 5.84. The minimum absolute atomic E-state index is 0.00573. The zero-order chi connectivity index (χ0) is 21.7. The van der Waals surface area contributed by atoms with E-state index in [1.165, 1.54) is 24.1 Å². The highest BCUT2D eigenvalue weighted by Crippen LogP contribution is 2.40. The Labute approximate surface area is 192 Å². The summed E-state index contributed by atoms with van der Waals surface area (Å²) in [5.74, 6) is 5.42. The van der Waals surface area contributed by atoms with Crippen LogP contribution in [0.25, 0.3) is 0 Å². The molecule has 3 fully saturated rings. The van der Waals surface area contributed by atoms with E-state index >= 15 is 0 Å². The van der Waals surface area contributed by atoms with Crippen molar-refractivity contribution in [3.8, 4) is 0 Å². The lowest BCUT2D eigenvalue weighted by molar-refractivity contribution is -0.132. The van der Waals surface area contributed by atoms with Gasteiger partial charge in [0.1, 0.15) is 0 Å². The third-order valence-corrected chi connectivity index (χ3v) is 9.01. The Hall–Kier alpha value is -0.450. The van der Waals surface area contributed by atoms with Crippen LogP contribution in [0.5, 0.6) is 0 Å². The van der Waals surface area contributed by atoms with Gasteiger partial charge in [0.15, 0.2) is 12.3 Å². The van der Waals surface area contributed by atoms with Gasteiger partial charge in [0.2, 0.25) is 0 Å². The van der Waals surface area contributed by atoms with Crippen molar-refractivity contribution in [2.75, 3.05) is 25.1 Å². The number of piperidine rings is 1. The molecule has 0 bridgehead atoms. The standard InChI is InChI=1S/C21H35N3O3S3/c1-6-7-14(2)22-15(3)17-9-11-28-27-21(17)23-20(25)18-12-16-13-24(30(4)5)10-8-19(16)29-26-18/h16-19,21-22H,2-4,6-13H2,1,5H3,(H,23,25). The first-order valence-corrected chi connectivity index (χ1v) is 14.1. The molecule has 3 aliphatic heterocycles. The van der Waals surface area contributed by atoms with E-state index in [2.05, 4.69) is 47.1 Å². The molecule has 0 radical (unpaired) electrons. The maximum Gasteiger partial charge on any atom is 0.252 e. The molecule has 170 valence electrons. The molecule has 0 aromatic heterocycles. The average Bonchev–Trinajstić information content (AvgIpc) is 2.73. The van der Waals surface area contributed by atoms with Crippen molar-refractivity contribution in [1.29, 1.82) is 0 Å². The van der Waals surface area contributed by atoms with E-state index in [-0.39, 0.29) is 22.5 Å². The number of fused-ring (bicyclic) bond motifs is 1. The summed E-state index contributed by atoms with van der Waals surface area (Å²) in [6.07, 6.45) is 5.95. The Bertz CT molecular complexity index is 675. The van der Waals surface area contributed by atoms with Gasteiger partial charge in [-0.25, -0.2) is 0 Å². The molecule has 3 saturated heterocycles. The second-order valence-corrected chi connectivity index (χ2v) is 11.8. The van der Waals surface area contributed by atoms with Crippen LogP contribution < -0.4 is 10.6 Å². The minimum atomic E-state index is -0.452. The maximum atomic E-state index is 13.0. The number of nitrogens with one attached hydrogen (secondary N) is 2. The number of hydrogen-bond donors (Lipinski definition) is 2. The molecule has 0 aliphatic carbocycles. The van der Waals surface area contributed by atoms with Gasteiger partial charge in [-0.1, -0.05) is 32.4 Å². The molecule has 3 heterocycles. The van der Waals surface area contributed by atoms with Gasteiger partial charge in [-0.2, -0.15) is 0 Å². The van der Waals surface area contributed by atoms with Crippen LogP contribution in [-0.2, 0) is 13.2 Å². The van der Waals surface area contributed by atoms with Crippen LogP contribution in [0.2, 0.25) is 0 Å². The van der Waals surface area contributed by atoms with Crippen LogP contribution >= 0.6 is 34.8 Å². The SMILES string of the molecule is C=C(CCC)NC(=C)C1CCSOC1NC(=O)C1CC2CN(S(=C)C)CCC2SO1. The molecular weight excluding hydrogens is 438 g/mol. The highest BCUT2D eigenvalue weighted by Gasteiger charge is 2.41. The van der Waals surface area contributed by atoms with Crippen molar-refractivity contribution in [1.82, 2.24) is 14.9 Å². The summed E-state index contributed by atoms with van der Waals surface area (Å²) >= 11 is 2.89. The summed E-state index contributed by atoms with van der Waals surface area (Å²) in [6, 6.07) is 0. The van der Waals surface area contributed by atoms with Crippen molar-refractivity contribution < 1.29 is 13.2 Å². The first-order chi connectivity index (χ1) is 14.4. The zero-order valence-corrected chi connectivity index (χ0v) is 20.5. The second kappa shape index (κ2) is 11.4. The molecule has 6 atom stereocenters.